The van der Waals surface area contributed by atoms with E-state index in [-0.39, 0.29) is 11.8 Å². The summed E-state index contributed by atoms with van der Waals surface area (Å²) in [6, 6.07) is 7.08. The second-order valence-electron chi connectivity index (χ2n) is 5.84. The molecule has 0 aliphatic heterocycles. The number of ether oxygens (including phenoxy) is 1. The van der Waals surface area contributed by atoms with Crippen molar-refractivity contribution in [3.05, 3.63) is 48.0 Å². The van der Waals surface area contributed by atoms with Crippen molar-refractivity contribution >= 4 is 5.97 Å². The molecule has 0 bridgehead atoms. The number of nitrogens with zero attached hydrogens (tertiary/aromatic N) is 2. The van der Waals surface area contributed by atoms with Crippen molar-refractivity contribution in [2.75, 3.05) is 0 Å². The molecule has 1 N–H and O–H groups in total. The third-order valence-corrected chi connectivity index (χ3v) is 3.05. The first-order valence-corrected chi connectivity index (χ1v) is 7.14. The summed E-state index contributed by atoms with van der Waals surface area (Å²) in [7, 11) is 0. The van der Waals surface area contributed by atoms with E-state index in [1.54, 1.807) is 64.4 Å². The number of hydrogen-bond acceptors (Lipinski definition) is 5. The summed E-state index contributed by atoms with van der Waals surface area (Å²) in [4.78, 5) is 20.6. The van der Waals surface area contributed by atoms with E-state index in [4.69, 9.17) is 4.74 Å². The maximum atomic E-state index is 12.3. The number of aliphatic hydroxyl groups is 1. The molecule has 2 rings (SSSR count). The van der Waals surface area contributed by atoms with E-state index in [0.717, 1.165) is 5.56 Å². The minimum absolute atomic E-state index is 0.194. The number of pyridine rings is 2. The van der Waals surface area contributed by atoms with Gasteiger partial charge in [0.1, 0.15) is 5.60 Å². The van der Waals surface area contributed by atoms with E-state index < -0.39 is 11.6 Å². The molecule has 5 nitrogen and oxygen atoms in total. The largest absolute Gasteiger partial charge is 0.458 e. The number of rotatable bonds is 4. The second kappa shape index (κ2) is 6.23. The van der Waals surface area contributed by atoms with Crippen molar-refractivity contribution in [1.29, 1.82) is 0 Å². The Morgan fingerprint density at radius 1 is 1.18 bits per heavy atom. The van der Waals surface area contributed by atoms with Gasteiger partial charge < -0.3 is 9.84 Å². The molecule has 0 unspecified atom stereocenters. The lowest BCUT2D eigenvalue weighted by molar-refractivity contribution is 0.0368. The first kappa shape index (κ1) is 16.1. The third kappa shape index (κ3) is 3.68. The van der Waals surface area contributed by atoms with Crippen LogP contribution >= 0.6 is 0 Å². The summed E-state index contributed by atoms with van der Waals surface area (Å²) in [6.07, 6.45) is 3.05. The molecule has 0 saturated heterocycles. The first-order valence-electron chi connectivity index (χ1n) is 7.14. The van der Waals surface area contributed by atoms with E-state index in [0.29, 0.717) is 11.3 Å². The molecule has 0 atom stereocenters. The number of esters is 1. The highest BCUT2D eigenvalue weighted by molar-refractivity contribution is 5.95. The molecule has 0 spiro atoms. The summed E-state index contributed by atoms with van der Waals surface area (Å²) >= 11 is 0. The fourth-order valence-corrected chi connectivity index (χ4v) is 1.99. The second-order valence-corrected chi connectivity index (χ2v) is 5.84. The van der Waals surface area contributed by atoms with Crippen molar-refractivity contribution in [2.45, 2.75) is 39.4 Å². The van der Waals surface area contributed by atoms with Gasteiger partial charge >= 0.3 is 5.97 Å². The highest BCUT2D eigenvalue weighted by atomic mass is 16.5. The van der Waals surface area contributed by atoms with Gasteiger partial charge in [0.25, 0.3) is 0 Å². The molecule has 0 aliphatic rings. The predicted molar refractivity (Wildman–Crippen MR) is 83.3 cm³/mol. The van der Waals surface area contributed by atoms with Gasteiger partial charge in [-0.15, -0.1) is 0 Å². The van der Waals surface area contributed by atoms with E-state index in [1.165, 1.54) is 0 Å². The molecule has 0 fully saturated rings. The minimum Gasteiger partial charge on any atom is -0.458 e. The van der Waals surface area contributed by atoms with Gasteiger partial charge in [-0.3, -0.25) is 4.98 Å². The summed E-state index contributed by atoms with van der Waals surface area (Å²) in [5.74, 6) is -0.507. The van der Waals surface area contributed by atoms with Gasteiger partial charge in [0.2, 0.25) is 0 Å². The number of aromatic nitrogens is 2. The molecule has 0 radical (unpaired) electrons. The van der Waals surface area contributed by atoms with Crippen LogP contribution in [0, 0.1) is 0 Å². The molecule has 5 heteroatoms. The van der Waals surface area contributed by atoms with E-state index >= 15 is 0 Å². The van der Waals surface area contributed by atoms with E-state index in [1.807, 2.05) is 0 Å². The molecule has 0 amide bonds. The Hall–Kier alpha value is -2.27. The van der Waals surface area contributed by atoms with Gasteiger partial charge in [-0.1, -0.05) is 6.07 Å². The summed E-state index contributed by atoms with van der Waals surface area (Å²) in [6.45, 7) is 6.81. The zero-order valence-electron chi connectivity index (χ0n) is 13.2. The molecular weight excluding hydrogens is 280 g/mol. The molecule has 22 heavy (non-hydrogen) atoms. The van der Waals surface area contributed by atoms with Crippen molar-refractivity contribution in [1.82, 2.24) is 9.97 Å². The van der Waals surface area contributed by atoms with Gasteiger partial charge in [-0.2, -0.15) is 0 Å². The Morgan fingerprint density at radius 3 is 2.36 bits per heavy atom. The number of carbonyl (C=O) groups is 1. The molecule has 0 saturated carbocycles. The fraction of sp³-hybridized carbons (Fsp3) is 0.353. The standard InChI is InChI=1S/C17H20N2O3/c1-11(2)22-16(20)15-13(12-7-9-18-10-8-12)5-6-14(19-15)17(3,4)21/h5-11,21H,1-4H3. The van der Waals surface area contributed by atoms with Crippen LogP contribution in [-0.4, -0.2) is 27.1 Å². The van der Waals surface area contributed by atoms with Crippen LogP contribution in [0.3, 0.4) is 0 Å². The Kier molecular flexibility index (Phi) is 4.56. The number of hydrogen-bond donors (Lipinski definition) is 1. The van der Waals surface area contributed by atoms with E-state index in [9.17, 15) is 9.90 Å². The Labute approximate surface area is 130 Å². The average Bonchev–Trinajstić information content (AvgIpc) is 2.46. The fourth-order valence-electron chi connectivity index (χ4n) is 1.99. The van der Waals surface area contributed by atoms with Gasteiger partial charge in [0.15, 0.2) is 5.69 Å². The van der Waals surface area contributed by atoms with Crippen LogP contribution < -0.4 is 0 Å². The van der Waals surface area contributed by atoms with Gasteiger partial charge in [-0.25, -0.2) is 9.78 Å². The van der Waals surface area contributed by atoms with Crippen LogP contribution in [0.2, 0.25) is 0 Å². The van der Waals surface area contributed by atoms with Crippen LogP contribution in [0.4, 0.5) is 0 Å². The quantitative estimate of drug-likeness (QED) is 0.879. The summed E-state index contributed by atoms with van der Waals surface area (Å²) in [5, 5.41) is 10.1. The lowest BCUT2D eigenvalue weighted by Gasteiger charge is -2.19. The highest BCUT2D eigenvalue weighted by Gasteiger charge is 2.23. The van der Waals surface area contributed by atoms with Gasteiger partial charge in [0.05, 0.1) is 11.8 Å². The highest BCUT2D eigenvalue weighted by Crippen LogP contribution is 2.26. The van der Waals surface area contributed by atoms with Crippen LogP contribution in [-0.2, 0) is 10.3 Å². The van der Waals surface area contributed by atoms with Crippen LogP contribution in [0.25, 0.3) is 11.1 Å². The molecule has 116 valence electrons. The first-order chi connectivity index (χ1) is 10.3. The average molecular weight is 300 g/mol. The van der Waals surface area contributed by atoms with Crippen LogP contribution in [0.1, 0.15) is 43.9 Å². The lowest BCUT2D eigenvalue weighted by Crippen LogP contribution is -2.21. The predicted octanol–water partition coefficient (Wildman–Crippen LogP) is 2.94. The zero-order valence-corrected chi connectivity index (χ0v) is 13.2. The van der Waals surface area contributed by atoms with Gasteiger partial charge in [-0.05, 0) is 51.5 Å². The Morgan fingerprint density at radius 2 is 1.82 bits per heavy atom. The lowest BCUT2D eigenvalue weighted by atomic mass is 10.00. The van der Waals surface area contributed by atoms with Crippen LogP contribution in [0.5, 0.6) is 0 Å². The topological polar surface area (TPSA) is 72.3 Å². The zero-order chi connectivity index (χ0) is 16.3. The molecule has 0 aromatic carbocycles. The van der Waals surface area contributed by atoms with Crippen LogP contribution in [0.15, 0.2) is 36.7 Å². The Balaban J connectivity index is 2.56. The third-order valence-electron chi connectivity index (χ3n) is 3.05. The van der Waals surface area contributed by atoms with E-state index in [2.05, 4.69) is 9.97 Å². The smallest absolute Gasteiger partial charge is 0.357 e. The summed E-state index contributed by atoms with van der Waals surface area (Å²) in [5.41, 5.74) is 0.950. The van der Waals surface area contributed by atoms with Gasteiger partial charge in [0, 0.05) is 18.0 Å². The van der Waals surface area contributed by atoms with Crippen molar-refractivity contribution in [2.24, 2.45) is 0 Å². The van der Waals surface area contributed by atoms with Crippen molar-refractivity contribution in [3.63, 3.8) is 0 Å². The van der Waals surface area contributed by atoms with Crippen molar-refractivity contribution < 1.29 is 14.6 Å². The molecule has 2 heterocycles. The maximum absolute atomic E-state index is 12.3. The number of carbonyl (C=O) groups excluding carboxylic acids is 1. The summed E-state index contributed by atoms with van der Waals surface area (Å²) < 4.78 is 5.27. The molecule has 2 aromatic rings. The molecular formula is C17H20N2O3. The SMILES string of the molecule is CC(C)OC(=O)c1nc(C(C)(C)O)ccc1-c1ccncc1. The Bertz CT molecular complexity index is 661. The monoisotopic (exact) mass is 300 g/mol. The molecule has 0 aliphatic carbocycles. The van der Waals surface area contributed by atoms with Crippen molar-refractivity contribution in [3.8, 4) is 11.1 Å². The normalized spacial score (nSPS) is 11.5. The maximum Gasteiger partial charge on any atom is 0.357 e. The molecule has 2 aromatic heterocycles. The minimum atomic E-state index is -1.14.